The maximum Gasteiger partial charge on any atom is 0.233 e. The number of amides is 1. The summed E-state index contributed by atoms with van der Waals surface area (Å²) in [6, 6.07) is 20.5. The van der Waals surface area contributed by atoms with Crippen LogP contribution in [0.2, 0.25) is 0 Å². The number of hydrogen-bond donors (Lipinski definition) is 0. The fraction of sp³-hybridized carbons (Fsp3) is 0.318. The van der Waals surface area contributed by atoms with Gasteiger partial charge in [-0.15, -0.1) is 10.2 Å². The van der Waals surface area contributed by atoms with Crippen molar-refractivity contribution in [1.82, 2.24) is 24.6 Å². The van der Waals surface area contributed by atoms with E-state index in [4.69, 9.17) is 0 Å². The Kier molecular flexibility index (Phi) is 6.27. The number of carbonyl (C=O) groups excluding carboxylic acids is 1. The Morgan fingerprint density at radius 1 is 0.931 bits per heavy atom. The van der Waals surface area contributed by atoms with Crippen molar-refractivity contribution >= 4 is 17.7 Å². The van der Waals surface area contributed by atoms with Gasteiger partial charge in [0, 0.05) is 38.4 Å². The monoisotopic (exact) mass is 407 g/mol. The number of para-hydroxylation sites is 1. The molecule has 150 valence electrons. The first-order chi connectivity index (χ1) is 14.2. The molecule has 0 saturated carbocycles. The van der Waals surface area contributed by atoms with Crippen LogP contribution in [0.4, 0.5) is 0 Å². The smallest absolute Gasteiger partial charge is 0.233 e. The average molecular weight is 408 g/mol. The highest BCUT2D eigenvalue weighted by molar-refractivity contribution is 7.99. The van der Waals surface area contributed by atoms with E-state index in [1.807, 2.05) is 52.8 Å². The predicted octanol–water partition coefficient (Wildman–Crippen LogP) is 3.01. The molecule has 1 aromatic heterocycles. The predicted molar refractivity (Wildman–Crippen MR) is 115 cm³/mol. The Morgan fingerprint density at radius 2 is 1.59 bits per heavy atom. The Hall–Kier alpha value is -2.64. The molecule has 6 nitrogen and oxygen atoms in total. The summed E-state index contributed by atoms with van der Waals surface area (Å²) in [5, 5.41) is 9.21. The van der Waals surface area contributed by atoms with Gasteiger partial charge in [-0.3, -0.25) is 14.3 Å². The summed E-state index contributed by atoms with van der Waals surface area (Å²) in [6.45, 7) is 6.23. The number of benzene rings is 2. The molecule has 29 heavy (non-hydrogen) atoms. The molecule has 4 rings (SSSR count). The number of rotatable bonds is 6. The van der Waals surface area contributed by atoms with Crippen molar-refractivity contribution in [3.63, 3.8) is 0 Å². The third-order valence-corrected chi connectivity index (χ3v) is 6.02. The summed E-state index contributed by atoms with van der Waals surface area (Å²) in [5.41, 5.74) is 2.33. The van der Waals surface area contributed by atoms with Crippen molar-refractivity contribution in [2.45, 2.75) is 18.6 Å². The van der Waals surface area contributed by atoms with Crippen LogP contribution in [-0.4, -0.2) is 62.4 Å². The Labute approximate surface area is 175 Å². The van der Waals surface area contributed by atoms with Gasteiger partial charge in [0.25, 0.3) is 0 Å². The number of nitrogens with zero attached hydrogens (tertiary/aromatic N) is 5. The van der Waals surface area contributed by atoms with Crippen LogP contribution in [0, 0.1) is 6.92 Å². The highest BCUT2D eigenvalue weighted by Crippen LogP contribution is 2.22. The third kappa shape index (κ3) is 4.86. The minimum atomic E-state index is 0.162. The fourth-order valence-corrected chi connectivity index (χ4v) is 4.43. The molecule has 7 heteroatoms. The van der Waals surface area contributed by atoms with Crippen LogP contribution >= 0.6 is 11.8 Å². The Morgan fingerprint density at radius 3 is 2.28 bits per heavy atom. The summed E-state index contributed by atoms with van der Waals surface area (Å²) in [4.78, 5) is 17.1. The maximum atomic E-state index is 12.7. The van der Waals surface area contributed by atoms with Crippen molar-refractivity contribution in [2.24, 2.45) is 0 Å². The zero-order chi connectivity index (χ0) is 20.1. The largest absolute Gasteiger partial charge is 0.339 e. The highest BCUT2D eigenvalue weighted by atomic mass is 32.2. The number of aryl methyl sites for hydroxylation is 1. The van der Waals surface area contributed by atoms with Crippen LogP contribution in [0.5, 0.6) is 0 Å². The molecule has 3 aromatic rings. The molecule has 0 N–H and O–H groups in total. The van der Waals surface area contributed by atoms with Gasteiger partial charge in [-0.25, -0.2) is 0 Å². The third-order valence-electron chi connectivity index (χ3n) is 5.11. The Bertz CT molecular complexity index is 936. The van der Waals surface area contributed by atoms with Gasteiger partial charge in [0.05, 0.1) is 5.75 Å². The molecule has 0 spiro atoms. The van der Waals surface area contributed by atoms with Crippen LogP contribution < -0.4 is 0 Å². The molecule has 0 bridgehead atoms. The van der Waals surface area contributed by atoms with Crippen LogP contribution in [0.25, 0.3) is 5.69 Å². The van der Waals surface area contributed by atoms with E-state index in [-0.39, 0.29) is 5.91 Å². The molecule has 0 atom stereocenters. The van der Waals surface area contributed by atoms with Gasteiger partial charge in [-0.1, -0.05) is 60.3 Å². The second kappa shape index (κ2) is 9.24. The van der Waals surface area contributed by atoms with Gasteiger partial charge in [0.1, 0.15) is 5.82 Å². The van der Waals surface area contributed by atoms with Gasteiger partial charge in [-0.05, 0) is 24.6 Å². The van der Waals surface area contributed by atoms with Crippen molar-refractivity contribution in [3.8, 4) is 5.69 Å². The van der Waals surface area contributed by atoms with E-state index in [1.54, 1.807) is 0 Å². The second-order valence-corrected chi connectivity index (χ2v) is 8.07. The van der Waals surface area contributed by atoms with Crippen molar-refractivity contribution in [3.05, 3.63) is 72.1 Å². The van der Waals surface area contributed by atoms with Crippen LogP contribution in [-0.2, 0) is 11.3 Å². The van der Waals surface area contributed by atoms with E-state index in [0.717, 1.165) is 49.4 Å². The number of carbonyl (C=O) groups is 1. The number of aromatic nitrogens is 3. The number of piperazine rings is 1. The van der Waals surface area contributed by atoms with E-state index in [2.05, 4.69) is 39.4 Å². The fourth-order valence-electron chi connectivity index (χ4n) is 3.53. The first kappa shape index (κ1) is 19.7. The molecule has 2 aromatic carbocycles. The highest BCUT2D eigenvalue weighted by Gasteiger charge is 2.22. The molecule has 1 fully saturated rings. The standard InChI is InChI=1S/C22H25N5OS/c1-18-23-24-22(27(18)20-10-6-3-7-11-20)29-17-21(28)26-14-12-25(13-15-26)16-19-8-4-2-5-9-19/h2-11H,12-17H2,1H3. The van der Waals surface area contributed by atoms with Gasteiger partial charge in [0.2, 0.25) is 5.91 Å². The maximum absolute atomic E-state index is 12.7. The first-order valence-electron chi connectivity index (χ1n) is 9.85. The summed E-state index contributed by atoms with van der Waals surface area (Å²) in [6.07, 6.45) is 0. The first-order valence-corrected chi connectivity index (χ1v) is 10.8. The van der Waals surface area contributed by atoms with E-state index in [1.165, 1.54) is 17.3 Å². The van der Waals surface area contributed by atoms with E-state index in [9.17, 15) is 4.79 Å². The van der Waals surface area contributed by atoms with E-state index < -0.39 is 0 Å². The molecule has 2 heterocycles. The lowest BCUT2D eigenvalue weighted by Crippen LogP contribution is -2.48. The summed E-state index contributed by atoms with van der Waals surface area (Å²) >= 11 is 1.45. The molecule has 0 aliphatic carbocycles. The van der Waals surface area contributed by atoms with Gasteiger partial charge >= 0.3 is 0 Å². The zero-order valence-electron chi connectivity index (χ0n) is 16.6. The van der Waals surface area contributed by atoms with Crippen LogP contribution in [0.15, 0.2) is 65.8 Å². The number of hydrogen-bond acceptors (Lipinski definition) is 5. The average Bonchev–Trinajstić information content (AvgIpc) is 3.14. The lowest BCUT2D eigenvalue weighted by atomic mass is 10.2. The van der Waals surface area contributed by atoms with Crippen molar-refractivity contribution in [1.29, 1.82) is 0 Å². The van der Waals surface area contributed by atoms with Gasteiger partial charge in [0.15, 0.2) is 5.16 Å². The molecule has 0 radical (unpaired) electrons. The summed E-state index contributed by atoms with van der Waals surface area (Å²) in [7, 11) is 0. The molecule has 1 aliphatic heterocycles. The van der Waals surface area contributed by atoms with E-state index >= 15 is 0 Å². The summed E-state index contributed by atoms with van der Waals surface area (Å²) in [5.74, 6) is 1.36. The quantitative estimate of drug-likeness (QED) is 0.588. The molecular formula is C22H25N5OS. The summed E-state index contributed by atoms with van der Waals surface area (Å²) < 4.78 is 2.00. The SMILES string of the molecule is Cc1nnc(SCC(=O)N2CCN(Cc3ccccc3)CC2)n1-c1ccccc1. The van der Waals surface area contributed by atoms with Gasteiger partial charge < -0.3 is 4.90 Å². The van der Waals surface area contributed by atoms with Crippen molar-refractivity contribution in [2.75, 3.05) is 31.9 Å². The van der Waals surface area contributed by atoms with Crippen LogP contribution in [0.3, 0.4) is 0 Å². The molecule has 1 amide bonds. The Balaban J connectivity index is 1.30. The normalized spacial score (nSPS) is 14.9. The minimum absolute atomic E-state index is 0.162. The van der Waals surface area contributed by atoms with Crippen molar-refractivity contribution < 1.29 is 4.79 Å². The topological polar surface area (TPSA) is 54.3 Å². The molecule has 1 saturated heterocycles. The lowest BCUT2D eigenvalue weighted by molar-refractivity contribution is -0.130. The van der Waals surface area contributed by atoms with E-state index in [0.29, 0.717) is 5.75 Å². The second-order valence-electron chi connectivity index (χ2n) is 7.13. The molecular weight excluding hydrogens is 382 g/mol. The minimum Gasteiger partial charge on any atom is -0.339 e. The molecule has 0 unspecified atom stereocenters. The van der Waals surface area contributed by atoms with Crippen LogP contribution in [0.1, 0.15) is 11.4 Å². The zero-order valence-corrected chi connectivity index (χ0v) is 17.4. The van der Waals surface area contributed by atoms with Gasteiger partial charge in [-0.2, -0.15) is 0 Å². The molecule has 1 aliphatic rings. The lowest BCUT2D eigenvalue weighted by Gasteiger charge is -2.34. The number of thioether (sulfide) groups is 1.